The Balaban J connectivity index is 1.72. The molecule has 4 nitrogen and oxygen atoms in total. The monoisotopic (exact) mass is 447 g/mol. The Kier molecular flexibility index (Phi) is 6.29. The Hall–Kier alpha value is -1.89. The van der Waals surface area contributed by atoms with E-state index in [1.807, 2.05) is 0 Å². The lowest BCUT2D eigenvalue weighted by Crippen LogP contribution is -2.15. The van der Waals surface area contributed by atoms with Crippen molar-refractivity contribution in [2.45, 2.75) is 17.8 Å². The minimum atomic E-state index is -0.321. The Morgan fingerprint density at radius 3 is 2.73 bits per heavy atom. The van der Waals surface area contributed by atoms with Crippen LogP contribution in [-0.2, 0) is 5.75 Å². The molecule has 0 saturated carbocycles. The van der Waals surface area contributed by atoms with Crippen LogP contribution in [-0.4, -0.2) is 15.9 Å². The van der Waals surface area contributed by atoms with Gasteiger partial charge in [0.25, 0.3) is 5.91 Å². The maximum absolute atomic E-state index is 12.5. The van der Waals surface area contributed by atoms with Gasteiger partial charge in [-0.3, -0.25) is 4.79 Å². The Bertz CT molecular complexity index is 934. The van der Waals surface area contributed by atoms with Gasteiger partial charge in [0, 0.05) is 22.7 Å². The Labute approximate surface area is 169 Å². The van der Waals surface area contributed by atoms with Gasteiger partial charge in [0.1, 0.15) is 5.69 Å². The molecule has 1 heterocycles. The van der Waals surface area contributed by atoms with Crippen molar-refractivity contribution in [1.29, 1.82) is 0 Å². The van der Waals surface area contributed by atoms with Gasteiger partial charge in [-0.05, 0) is 46.6 Å². The fraction of sp³-hybridized carbons (Fsp3) is 0.105. The van der Waals surface area contributed by atoms with Crippen LogP contribution in [0.5, 0.6) is 0 Å². The van der Waals surface area contributed by atoms with Crippen molar-refractivity contribution in [1.82, 2.24) is 9.97 Å². The third-order valence-electron chi connectivity index (χ3n) is 3.51. The predicted octanol–water partition coefficient (Wildman–Crippen LogP) is 5.75. The highest BCUT2D eigenvalue weighted by atomic mass is 79.9. The van der Waals surface area contributed by atoms with Gasteiger partial charge in [0.05, 0.1) is 4.47 Å². The summed E-state index contributed by atoms with van der Waals surface area (Å²) in [5.74, 6) is 0.413. The number of anilines is 1. The summed E-state index contributed by atoms with van der Waals surface area (Å²) in [5, 5.41) is 3.90. The van der Waals surface area contributed by atoms with E-state index in [0.717, 1.165) is 5.75 Å². The number of hydrogen-bond acceptors (Lipinski definition) is 4. The molecule has 0 bridgehead atoms. The van der Waals surface area contributed by atoms with E-state index in [-0.39, 0.29) is 11.6 Å². The third-order valence-corrected chi connectivity index (χ3v) is 5.26. The summed E-state index contributed by atoms with van der Waals surface area (Å²) >= 11 is 10.8. The molecule has 0 atom stereocenters. The maximum atomic E-state index is 12.5. The molecule has 0 aliphatic heterocycles. The van der Waals surface area contributed by atoms with Gasteiger partial charge in [-0.25, -0.2) is 9.97 Å². The predicted molar refractivity (Wildman–Crippen MR) is 110 cm³/mol. The normalized spacial score (nSPS) is 10.6. The van der Waals surface area contributed by atoms with Crippen LogP contribution in [0.1, 0.15) is 21.6 Å². The molecule has 0 fully saturated rings. The number of rotatable bonds is 5. The fourth-order valence-corrected chi connectivity index (χ4v) is 3.50. The van der Waals surface area contributed by atoms with E-state index < -0.39 is 0 Å². The molecule has 0 spiro atoms. The van der Waals surface area contributed by atoms with E-state index in [1.54, 1.807) is 30.5 Å². The number of halogens is 2. The first kappa shape index (κ1) is 18.9. The van der Waals surface area contributed by atoms with Gasteiger partial charge < -0.3 is 5.32 Å². The molecule has 0 saturated heterocycles. The van der Waals surface area contributed by atoms with Crippen LogP contribution in [0.15, 0.2) is 64.4 Å². The van der Waals surface area contributed by atoms with Crippen LogP contribution in [0, 0.1) is 6.92 Å². The number of nitrogens with zero attached hydrogens (tertiary/aromatic N) is 2. The molecule has 3 aromatic rings. The first-order chi connectivity index (χ1) is 12.5. The highest BCUT2D eigenvalue weighted by Gasteiger charge is 2.14. The van der Waals surface area contributed by atoms with Crippen molar-refractivity contribution in [2.75, 3.05) is 5.32 Å². The van der Waals surface area contributed by atoms with Crippen molar-refractivity contribution >= 4 is 50.9 Å². The Morgan fingerprint density at radius 2 is 2.00 bits per heavy atom. The van der Waals surface area contributed by atoms with Crippen molar-refractivity contribution in [2.24, 2.45) is 0 Å². The molecule has 26 heavy (non-hydrogen) atoms. The number of carbonyl (C=O) groups excluding carboxylic acids is 1. The van der Waals surface area contributed by atoms with Gasteiger partial charge in [0.2, 0.25) is 0 Å². The number of aromatic nitrogens is 2. The maximum Gasteiger partial charge on any atom is 0.275 e. The lowest BCUT2D eigenvalue weighted by molar-refractivity contribution is 0.102. The second kappa shape index (κ2) is 8.66. The SMILES string of the molecule is Cc1ccc(CSc2ncc(Br)c(C(=O)Nc3cccc(Cl)c3)n2)cc1. The molecule has 1 N–H and O–H groups in total. The van der Waals surface area contributed by atoms with Crippen LogP contribution in [0.3, 0.4) is 0 Å². The summed E-state index contributed by atoms with van der Waals surface area (Å²) in [6, 6.07) is 15.3. The quantitative estimate of drug-likeness (QED) is 0.399. The molecule has 2 aromatic carbocycles. The van der Waals surface area contributed by atoms with E-state index in [0.29, 0.717) is 20.3 Å². The number of amides is 1. The second-order valence-electron chi connectivity index (χ2n) is 5.59. The van der Waals surface area contributed by atoms with Crippen LogP contribution >= 0.6 is 39.3 Å². The van der Waals surface area contributed by atoms with Crippen LogP contribution in [0.2, 0.25) is 5.02 Å². The smallest absolute Gasteiger partial charge is 0.275 e. The van der Waals surface area contributed by atoms with Gasteiger partial charge in [-0.1, -0.05) is 59.3 Å². The summed E-state index contributed by atoms with van der Waals surface area (Å²) in [5.41, 5.74) is 3.30. The van der Waals surface area contributed by atoms with Crippen LogP contribution < -0.4 is 5.32 Å². The fourth-order valence-electron chi connectivity index (χ4n) is 2.17. The van der Waals surface area contributed by atoms with Crippen LogP contribution in [0.4, 0.5) is 5.69 Å². The lowest BCUT2D eigenvalue weighted by atomic mass is 10.2. The molecule has 3 rings (SSSR count). The minimum absolute atomic E-state index is 0.284. The molecule has 0 unspecified atom stereocenters. The summed E-state index contributed by atoms with van der Waals surface area (Å²) in [4.78, 5) is 21.2. The molecule has 1 aromatic heterocycles. The standard InChI is InChI=1S/C19H15BrClN3OS/c1-12-5-7-13(8-6-12)11-26-19-22-10-16(20)17(24-19)18(25)23-15-4-2-3-14(21)9-15/h2-10H,11H2,1H3,(H,23,25). The lowest BCUT2D eigenvalue weighted by Gasteiger charge is -2.08. The van der Waals surface area contributed by atoms with Crippen molar-refractivity contribution < 1.29 is 4.79 Å². The molecular formula is C19H15BrClN3OS. The first-order valence-electron chi connectivity index (χ1n) is 7.79. The number of hydrogen-bond donors (Lipinski definition) is 1. The average Bonchev–Trinajstić information content (AvgIpc) is 2.62. The summed E-state index contributed by atoms with van der Waals surface area (Å²) in [6.07, 6.45) is 1.59. The highest BCUT2D eigenvalue weighted by Crippen LogP contribution is 2.23. The van der Waals surface area contributed by atoms with Crippen molar-refractivity contribution in [3.05, 3.63) is 81.0 Å². The molecule has 132 valence electrons. The van der Waals surface area contributed by atoms with E-state index >= 15 is 0 Å². The zero-order valence-corrected chi connectivity index (χ0v) is 17.0. The minimum Gasteiger partial charge on any atom is -0.321 e. The van der Waals surface area contributed by atoms with Crippen molar-refractivity contribution in [3.8, 4) is 0 Å². The molecule has 0 radical (unpaired) electrons. The zero-order chi connectivity index (χ0) is 18.5. The summed E-state index contributed by atoms with van der Waals surface area (Å²) in [7, 11) is 0. The van der Waals surface area contributed by atoms with E-state index in [9.17, 15) is 4.79 Å². The number of thioether (sulfide) groups is 1. The number of carbonyl (C=O) groups is 1. The molecule has 0 aliphatic rings. The zero-order valence-electron chi connectivity index (χ0n) is 13.9. The molecule has 7 heteroatoms. The molecular weight excluding hydrogens is 434 g/mol. The van der Waals surface area contributed by atoms with Crippen molar-refractivity contribution in [3.63, 3.8) is 0 Å². The topological polar surface area (TPSA) is 54.9 Å². The average molecular weight is 449 g/mol. The van der Waals surface area contributed by atoms with E-state index in [2.05, 4.69) is 62.4 Å². The van der Waals surface area contributed by atoms with Gasteiger partial charge in [-0.15, -0.1) is 0 Å². The van der Waals surface area contributed by atoms with Gasteiger partial charge in [0.15, 0.2) is 5.16 Å². The van der Waals surface area contributed by atoms with E-state index in [1.165, 1.54) is 22.9 Å². The highest BCUT2D eigenvalue weighted by molar-refractivity contribution is 9.10. The summed E-state index contributed by atoms with van der Waals surface area (Å²) in [6.45, 7) is 2.06. The Morgan fingerprint density at radius 1 is 1.23 bits per heavy atom. The molecule has 0 aliphatic carbocycles. The van der Waals surface area contributed by atoms with Crippen LogP contribution in [0.25, 0.3) is 0 Å². The molecule has 1 amide bonds. The number of nitrogens with one attached hydrogen (secondary N) is 1. The van der Waals surface area contributed by atoms with E-state index in [4.69, 9.17) is 11.6 Å². The first-order valence-corrected chi connectivity index (χ1v) is 9.95. The second-order valence-corrected chi connectivity index (χ2v) is 7.82. The summed E-state index contributed by atoms with van der Waals surface area (Å²) < 4.78 is 0.539. The largest absolute Gasteiger partial charge is 0.321 e. The number of aryl methyl sites for hydroxylation is 1. The third kappa shape index (κ3) is 5.06. The van der Waals surface area contributed by atoms with Gasteiger partial charge in [-0.2, -0.15) is 0 Å². The number of benzene rings is 2. The van der Waals surface area contributed by atoms with Gasteiger partial charge >= 0.3 is 0 Å².